The van der Waals surface area contributed by atoms with Crippen LogP contribution >= 0.6 is 0 Å². The van der Waals surface area contributed by atoms with Gasteiger partial charge in [-0.15, -0.1) is 0 Å². The standard InChI is InChI=1S/C16H21NO2/c1-13-4-3-11-17(12-13)16(18)10-7-14-5-8-15(19-2)9-6-14/h5-10,13H,3-4,11-12H2,1-2H3/b10-7+/t13-/m1/s1. The van der Waals surface area contributed by atoms with E-state index in [4.69, 9.17) is 4.74 Å². The van der Waals surface area contributed by atoms with Crippen molar-refractivity contribution in [2.24, 2.45) is 5.92 Å². The summed E-state index contributed by atoms with van der Waals surface area (Å²) in [6.45, 7) is 3.97. The van der Waals surface area contributed by atoms with E-state index in [9.17, 15) is 4.79 Å². The predicted molar refractivity (Wildman–Crippen MR) is 77.0 cm³/mol. The molecule has 2 rings (SSSR count). The number of piperidine rings is 1. The SMILES string of the molecule is COc1ccc(/C=C/C(=O)N2CCC[C@@H](C)C2)cc1. The third-order valence-corrected chi connectivity index (χ3v) is 3.50. The van der Waals surface area contributed by atoms with Crippen LogP contribution in [0.1, 0.15) is 25.3 Å². The Bertz CT molecular complexity index is 450. The molecule has 0 radical (unpaired) electrons. The normalized spacial score (nSPS) is 19.7. The molecule has 1 saturated heterocycles. The molecule has 19 heavy (non-hydrogen) atoms. The van der Waals surface area contributed by atoms with E-state index in [1.165, 1.54) is 6.42 Å². The van der Waals surface area contributed by atoms with E-state index in [0.717, 1.165) is 30.8 Å². The van der Waals surface area contributed by atoms with Crippen LogP contribution in [-0.4, -0.2) is 31.0 Å². The Morgan fingerprint density at radius 3 is 2.74 bits per heavy atom. The quantitative estimate of drug-likeness (QED) is 0.781. The number of hydrogen-bond donors (Lipinski definition) is 0. The van der Waals surface area contributed by atoms with Gasteiger partial charge in [-0.1, -0.05) is 19.1 Å². The molecule has 1 amide bonds. The summed E-state index contributed by atoms with van der Waals surface area (Å²) in [5.41, 5.74) is 1.01. The molecule has 3 heteroatoms. The van der Waals surface area contributed by atoms with E-state index < -0.39 is 0 Å². The fraction of sp³-hybridized carbons (Fsp3) is 0.438. The molecule has 0 unspecified atom stereocenters. The van der Waals surface area contributed by atoms with Crippen LogP contribution in [0.5, 0.6) is 5.75 Å². The molecule has 1 fully saturated rings. The van der Waals surface area contributed by atoms with Gasteiger partial charge in [0.2, 0.25) is 5.91 Å². The summed E-state index contributed by atoms with van der Waals surface area (Å²) in [5, 5.41) is 0. The number of methoxy groups -OCH3 is 1. The molecular formula is C16H21NO2. The molecule has 3 nitrogen and oxygen atoms in total. The maximum Gasteiger partial charge on any atom is 0.246 e. The highest BCUT2D eigenvalue weighted by molar-refractivity contribution is 5.91. The minimum absolute atomic E-state index is 0.113. The third kappa shape index (κ3) is 3.85. The molecule has 1 atom stereocenters. The molecule has 1 aromatic rings. The number of nitrogens with zero attached hydrogens (tertiary/aromatic N) is 1. The number of benzene rings is 1. The smallest absolute Gasteiger partial charge is 0.246 e. The molecule has 1 aliphatic heterocycles. The Morgan fingerprint density at radius 2 is 2.11 bits per heavy atom. The number of likely N-dealkylation sites (tertiary alicyclic amines) is 1. The van der Waals surface area contributed by atoms with Gasteiger partial charge in [0.05, 0.1) is 7.11 Å². The monoisotopic (exact) mass is 259 g/mol. The molecular weight excluding hydrogens is 238 g/mol. The van der Waals surface area contributed by atoms with Crippen LogP contribution in [0.2, 0.25) is 0 Å². The van der Waals surface area contributed by atoms with Crippen LogP contribution in [0.4, 0.5) is 0 Å². The maximum absolute atomic E-state index is 12.1. The first kappa shape index (κ1) is 13.7. The second-order valence-electron chi connectivity index (χ2n) is 5.14. The van der Waals surface area contributed by atoms with Crippen LogP contribution in [0.15, 0.2) is 30.3 Å². The fourth-order valence-electron chi connectivity index (χ4n) is 2.38. The summed E-state index contributed by atoms with van der Waals surface area (Å²) in [6, 6.07) is 7.68. The Balaban J connectivity index is 1.95. The lowest BCUT2D eigenvalue weighted by Gasteiger charge is -2.30. The largest absolute Gasteiger partial charge is 0.497 e. The average Bonchev–Trinajstić information content (AvgIpc) is 2.45. The summed E-state index contributed by atoms with van der Waals surface area (Å²) in [7, 11) is 1.64. The summed E-state index contributed by atoms with van der Waals surface area (Å²) in [5.74, 6) is 1.56. The van der Waals surface area contributed by atoms with Crippen molar-refractivity contribution in [2.75, 3.05) is 20.2 Å². The van der Waals surface area contributed by atoms with Gasteiger partial charge >= 0.3 is 0 Å². The van der Waals surface area contributed by atoms with Gasteiger partial charge in [-0.25, -0.2) is 0 Å². The molecule has 0 N–H and O–H groups in total. The Hall–Kier alpha value is -1.77. The molecule has 1 aromatic carbocycles. The third-order valence-electron chi connectivity index (χ3n) is 3.50. The van der Waals surface area contributed by atoms with Gasteiger partial charge in [-0.3, -0.25) is 4.79 Å². The lowest BCUT2D eigenvalue weighted by Crippen LogP contribution is -2.38. The van der Waals surface area contributed by atoms with Gasteiger partial charge in [-0.2, -0.15) is 0 Å². The Kier molecular flexibility index (Phi) is 4.61. The van der Waals surface area contributed by atoms with Gasteiger partial charge in [-0.05, 0) is 42.5 Å². The second kappa shape index (κ2) is 6.41. The summed E-state index contributed by atoms with van der Waals surface area (Å²) in [6.07, 6.45) is 5.87. The van der Waals surface area contributed by atoms with Gasteiger partial charge in [0, 0.05) is 19.2 Å². The van der Waals surface area contributed by atoms with Gasteiger partial charge in [0.15, 0.2) is 0 Å². The minimum atomic E-state index is 0.113. The zero-order chi connectivity index (χ0) is 13.7. The second-order valence-corrected chi connectivity index (χ2v) is 5.14. The zero-order valence-electron chi connectivity index (χ0n) is 11.6. The van der Waals surface area contributed by atoms with Crippen LogP contribution in [0.25, 0.3) is 6.08 Å². The average molecular weight is 259 g/mol. The van der Waals surface area contributed by atoms with E-state index in [2.05, 4.69) is 6.92 Å². The van der Waals surface area contributed by atoms with Crippen molar-refractivity contribution in [1.29, 1.82) is 0 Å². The van der Waals surface area contributed by atoms with Crippen molar-refractivity contribution >= 4 is 12.0 Å². The number of hydrogen-bond acceptors (Lipinski definition) is 2. The first-order chi connectivity index (χ1) is 9.19. The molecule has 0 spiro atoms. The number of carbonyl (C=O) groups excluding carboxylic acids is 1. The zero-order valence-corrected chi connectivity index (χ0v) is 11.6. The first-order valence-corrected chi connectivity index (χ1v) is 6.80. The highest BCUT2D eigenvalue weighted by atomic mass is 16.5. The van der Waals surface area contributed by atoms with E-state index in [-0.39, 0.29) is 5.91 Å². The van der Waals surface area contributed by atoms with Crippen LogP contribution in [0.3, 0.4) is 0 Å². The minimum Gasteiger partial charge on any atom is -0.497 e. The molecule has 0 bridgehead atoms. The Morgan fingerprint density at radius 1 is 1.37 bits per heavy atom. The molecule has 1 aliphatic rings. The van der Waals surface area contributed by atoms with E-state index in [0.29, 0.717) is 5.92 Å². The van der Waals surface area contributed by atoms with E-state index in [1.807, 2.05) is 35.2 Å². The molecule has 0 saturated carbocycles. The van der Waals surface area contributed by atoms with Crippen LogP contribution in [0, 0.1) is 5.92 Å². The predicted octanol–water partition coefficient (Wildman–Crippen LogP) is 2.97. The lowest BCUT2D eigenvalue weighted by atomic mass is 10.0. The molecule has 1 heterocycles. The van der Waals surface area contributed by atoms with Gasteiger partial charge in [0.25, 0.3) is 0 Å². The fourth-order valence-corrected chi connectivity index (χ4v) is 2.38. The highest BCUT2D eigenvalue weighted by Gasteiger charge is 2.18. The first-order valence-electron chi connectivity index (χ1n) is 6.80. The number of rotatable bonds is 3. The van der Waals surface area contributed by atoms with Gasteiger partial charge < -0.3 is 9.64 Å². The molecule has 0 aromatic heterocycles. The van der Waals surface area contributed by atoms with E-state index >= 15 is 0 Å². The van der Waals surface area contributed by atoms with Crippen molar-refractivity contribution in [3.63, 3.8) is 0 Å². The van der Waals surface area contributed by atoms with Crippen molar-refractivity contribution < 1.29 is 9.53 Å². The topological polar surface area (TPSA) is 29.5 Å². The number of ether oxygens (including phenoxy) is 1. The molecule has 102 valence electrons. The Labute approximate surface area is 114 Å². The van der Waals surface area contributed by atoms with Crippen LogP contribution in [-0.2, 0) is 4.79 Å². The summed E-state index contributed by atoms with van der Waals surface area (Å²) < 4.78 is 5.10. The van der Waals surface area contributed by atoms with Gasteiger partial charge in [0.1, 0.15) is 5.75 Å². The summed E-state index contributed by atoms with van der Waals surface area (Å²) >= 11 is 0. The number of carbonyl (C=O) groups is 1. The lowest BCUT2D eigenvalue weighted by molar-refractivity contribution is -0.127. The van der Waals surface area contributed by atoms with Crippen molar-refractivity contribution in [2.45, 2.75) is 19.8 Å². The van der Waals surface area contributed by atoms with Crippen molar-refractivity contribution in [3.8, 4) is 5.75 Å². The van der Waals surface area contributed by atoms with E-state index in [1.54, 1.807) is 13.2 Å². The molecule has 0 aliphatic carbocycles. The highest BCUT2D eigenvalue weighted by Crippen LogP contribution is 2.16. The van der Waals surface area contributed by atoms with Crippen molar-refractivity contribution in [1.82, 2.24) is 4.90 Å². The van der Waals surface area contributed by atoms with Crippen molar-refractivity contribution in [3.05, 3.63) is 35.9 Å². The number of amides is 1. The maximum atomic E-state index is 12.1. The summed E-state index contributed by atoms with van der Waals surface area (Å²) in [4.78, 5) is 14.0. The van der Waals surface area contributed by atoms with Crippen LogP contribution < -0.4 is 4.74 Å².